The summed E-state index contributed by atoms with van der Waals surface area (Å²) in [6.45, 7) is 4.75. The summed E-state index contributed by atoms with van der Waals surface area (Å²) < 4.78 is 0. The maximum absolute atomic E-state index is 12.0. The van der Waals surface area contributed by atoms with E-state index in [4.69, 9.17) is 10.2 Å². The number of nitrogens with one attached hydrogen (secondary N) is 4. The zero-order valence-corrected chi connectivity index (χ0v) is 20.5. The van der Waals surface area contributed by atoms with Gasteiger partial charge in [0, 0.05) is 25.9 Å². The molecule has 0 aliphatic rings. The summed E-state index contributed by atoms with van der Waals surface area (Å²) in [4.78, 5) is 55.6. The van der Waals surface area contributed by atoms with Gasteiger partial charge in [0.05, 0.1) is 0 Å². The summed E-state index contributed by atoms with van der Waals surface area (Å²) in [6.07, 6.45) is 6.93. The molecule has 2 amide bonds. The Labute approximate surface area is 210 Å². The molecule has 0 rings (SSSR count). The maximum Gasteiger partial charge on any atom is 0.326 e. The topological polar surface area (TPSA) is 194 Å². The maximum atomic E-state index is 12.0. The van der Waals surface area contributed by atoms with Crippen LogP contribution in [0.5, 0.6) is 0 Å². The lowest BCUT2D eigenvalue weighted by molar-refractivity contribution is -0.140. The van der Waals surface area contributed by atoms with E-state index in [0.29, 0.717) is 31.6 Å². The van der Waals surface area contributed by atoms with Crippen molar-refractivity contribution in [2.45, 2.75) is 82.7 Å². The van der Waals surface area contributed by atoms with Crippen molar-refractivity contribution in [2.24, 2.45) is 0 Å². The van der Waals surface area contributed by atoms with Crippen molar-refractivity contribution in [1.29, 1.82) is 0 Å². The first-order valence-corrected chi connectivity index (χ1v) is 12.0. The third-order valence-corrected chi connectivity index (χ3v) is 5.09. The summed E-state index contributed by atoms with van der Waals surface area (Å²) >= 11 is 0. The van der Waals surface area contributed by atoms with Gasteiger partial charge in [-0.3, -0.25) is 4.79 Å². The number of carboxylic acids is 3. The molecular weight excluding hydrogens is 472 g/mol. The molecule has 0 aromatic carbocycles. The van der Waals surface area contributed by atoms with Crippen molar-refractivity contribution in [3.8, 4) is 0 Å². The van der Waals surface area contributed by atoms with Gasteiger partial charge in [0.25, 0.3) is 0 Å². The second kappa shape index (κ2) is 20.6. The highest BCUT2D eigenvalue weighted by Crippen LogP contribution is 2.05. The summed E-state index contributed by atoms with van der Waals surface area (Å²) in [5.74, 6) is -3.26. The van der Waals surface area contributed by atoms with Crippen molar-refractivity contribution in [3.05, 3.63) is 23.9 Å². The predicted octanol–water partition coefficient (Wildman–Crippen LogP) is 1.73. The predicted molar refractivity (Wildman–Crippen MR) is 131 cm³/mol. The molecule has 2 atom stereocenters. The van der Waals surface area contributed by atoms with Crippen molar-refractivity contribution in [2.75, 3.05) is 13.1 Å². The molecule has 0 unspecified atom stereocenters. The second-order valence-electron chi connectivity index (χ2n) is 8.08. The number of urea groups is 1. The van der Waals surface area contributed by atoms with E-state index in [9.17, 15) is 29.1 Å². The van der Waals surface area contributed by atoms with Crippen LogP contribution in [0.15, 0.2) is 23.9 Å². The lowest BCUT2D eigenvalue weighted by atomic mass is 10.1. The number of carbonyl (C=O) groups excluding carboxylic acids is 2. The standard InChI is InChI=1S/C24H38N4O8/c1-2-11-20(25-15-8-5-3-4-6-10-17-29)26-16-9-7-12-18(22(32)33)27-24(36)28-19(23(34)35)13-14-21(30)31/h17-19,25-26H,1,3-10,12-16H2,(H,30,31)(H,32,33)(H,34,35)(H2,27,28,36)/t18-,19-/m0/s1. The number of aldehydes is 1. The first kappa shape index (κ1) is 32.2. The molecule has 12 heteroatoms. The van der Waals surface area contributed by atoms with Crippen LogP contribution >= 0.6 is 0 Å². The Hall–Kier alpha value is -3.75. The number of hydrogen-bond donors (Lipinski definition) is 7. The highest BCUT2D eigenvalue weighted by Gasteiger charge is 2.24. The molecule has 0 saturated heterocycles. The number of unbranched alkanes of at least 4 members (excludes halogenated alkanes) is 6. The largest absolute Gasteiger partial charge is 0.481 e. The van der Waals surface area contributed by atoms with Crippen molar-refractivity contribution in [3.63, 3.8) is 0 Å². The van der Waals surface area contributed by atoms with E-state index in [1.807, 2.05) is 0 Å². The van der Waals surface area contributed by atoms with E-state index in [-0.39, 0.29) is 12.8 Å². The fourth-order valence-electron chi connectivity index (χ4n) is 3.16. The van der Waals surface area contributed by atoms with E-state index >= 15 is 0 Å². The molecule has 0 aromatic heterocycles. The van der Waals surface area contributed by atoms with Crippen molar-refractivity contribution < 1.29 is 39.3 Å². The monoisotopic (exact) mass is 510 g/mol. The van der Waals surface area contributed by atoms with E-state index < -0.39 is 42.4 Å². The van der Waals surface area contributed by atoms with E-state index in [0.717, 1.165) is 44.9 Å². The van der Waals surface area contributed by atoms with Crippen LogP contribution in [-0.4, -0.2) is 70.7 Å². The fourth-order valence-corrected chi connectivity index (χ4v) is 3.16. The number of amides is 2. The molecule has 0 aromatic rings. The van der Waals surface area contributed by atoms with Gasteiger partial charge in [-0.25, -0.2) is 14.4 Å². The van der Waals surface area contributed by atoms with Crippen LogP contribution in [0.25, 0.3) is 0 Å². The molecule has 0 spiro atoms. The summed E-state index contributed by atoms with van der Waals surface area (Å²) in [5.41, 5.74) is 5.42. The fraction of sp³-hybridized carbons (Fsp3) is 0.625. The van der Waals surface area contributed by atoms with Crippen molar-refractivity contribution in [1.82, 2.24) is 21.3 Å². The third-order valence-electron chi connectivity index (χ3n) is 5.09. The molecule has 0 radical (unpaired) electrons. The molecule has 0 saturated carbocycles. The molecule has 36 heavy (non-hydrogen) atoms. The number of aliphatic carboxylic acids is 3. The van der Waals surface area contributed by atoms with Crippen LogP contribution in [0.1, 0.15) is 70.6 Å². The van der Waals surface area contributed by atoms with E-state index in [1.165, 1.54) is 0 Å². The number of hydrogen-bond acceptors (Lipinski definition) is 7. The lowest BCUT2D eigenvalue weighted by Gasteiger charge is -2.18. The summed E-state index contributed by atoms with van der Waals surface area (Å²) in [6, 6.07) is -3.67. The molecule has 0 heterocycles. The van der Waals surface area contributed by atoms with Gasteiger partial charge in [-0.15, -0.1) is 0 Å². The van der Waals surface area contributed by atoms with Gasteiger partial charge in [0.2, 0.25) is 0 Å². The molecule has 12 nitrogen and oxygen atoms in total. The minimum atomic E-state index is -1.45. The van der Waals surface area contributed by atoms with E-state index in [1.54, 1.807) is 0 Å². The quantitative estimate of drug-likeness (QED) is 0.0640. The molecule has 202 valence electrons. The first-order chi connectivity index (χ1) is 17.2. The summed E-state index contributed by atoms with van der Waals surface area (Å²) in [7, 11) is 0. The number of rotatable bonds is 22. The van der Waals surface area contributed by atoms with Gasteiger partial charge in [-0.05, 0) is 50.8 Å². The lowest BCUT2D eigenvalue weighted by Crippen LogP contribution is -2.51. The Kier molecular flexibility index (Phi) is 18.5. The molecular formula is C24H38N4O8. The van der Waals surface area contributed by atoms with Gasteiger partial charge in [0.15, 0.2) is 5.82 Å². The normalized spacial score (nSPS) is 11.7. The smallest absolute Gasteiger partial charge is 0.326 e. The van der Waals surface area contributed by atoms with Crippen LogP contribution in [0, 0.1) is 0 Å². The Morgan fingerprint density at radius 1 is 0.778 bits per heavy atom. The van der Waals surface area contributed by atoms with Crippen LogP contribution in [0.3, 0.4) is 0 Å². The van der Waals surface area contributed by atoms with Gasteiger partial charge < -0.3 is 41.4 Å². The molecule has 0 bridgehead atoms. The van der Waals surface area contributed by atoms with Gasteiger partial charge in [-0.1, -0.05) is 25.0 Å². The average Bonchev–Trinajstić information content (AvgIpc) is 2.81. The third kappa shape index (κ3) is 17.7. The zero-order valence-electron chi connectivity index (χ0n) is 20.5. The highest BCUT2D eigenvalue weighted by molar-refractivity contribution is 5.86. The molecule has 0 aliphatic carbocycles. The van der Waals surface area contributed by atoms with Crippen LogP contribution < -0.4 is 21.3 Å². The van der Waals surface area contributed by atoms with Crippen LogP contribution in [0.2, 0.25) is 0 Å². The Balaban J connectivity index is 4.34. The average molecular weight is 511 g/mol. The molecule has 0 fully saturated rings. The van der Waals surface area contributed by atoms with Crippen molar-refractivity contribution >= 4 is 30.2 Å². The first-order valence-electron chi connectivity index (χ1n) is 12.0. The SMILES string of the molecule is C=C=C=C(NCCCCCCCC=O)NCCCC[C@H](NC(=O)N[C@@H](CCC(=O)O)C(=O)O)C(=O)O. The second-order valence-corrected chi connectivity index (χ2v) is 8.08. The Morgan fingerprint density at radius 2 is 1.31 bits per heavy atom. The Bertz CT molecular complexity index is 804. The van der Waals surface area contributed by atoms with Crippen LogP contribution in [0.4, 0.5) is 4.79 Å². The van der Waals surface area contributed by atoms with Crippen LogP contribution in [-0.2, 0) is 19.2 Å². The van der Waals surface area contributed by atoms with Gasteiger partial charge in [0.1, 0.15) is 18.4 Å². The number of carboxylic acid groups (broad SMARTS) is 3. The van der Waals surface area contributed by atoms with Gasteiger partial charge >= 0.3 is 23.9 Å². The molecule has 0 aliphatic heterocycles. The summed E-state index contributed by atoms with van der Waals surface area (Å²) in [5, 5.41) is 37.8. The number of carbonyl (C=O) groups is 5. The molecule has 7 N–H and O–H groups in total. The minimum Gasteiger partial charge on any atom is -0.481 e. The van der Waals surface area contributed by atoms with E-state index in [2.05, 4.69) is 39.3 Å². The zero-order chi connectivity index (χ0) is 27.2. The minimum absolute atomic E-state index is 0.116. The van der Waals surface area contributed by atoms with Gasteiger partial charge in [-0.2, -0.15) is 0 Å². The Morgan fingerprint density at radius 3 is 1.83 bits per heavy atom. The highest BCUT2D eigenvalue weighted by atomic mass is 16.4.